The number of carbonyl (C=O) groups excluding carboxylic acids is 1. The Labute approximate surface area is 103 Å². The maximum Gasteiger partial charge on any atom is 0.220 e. The topological polar surface area (TPSA) is 83.5 Å². The van der Waals surface area contributed by atoms with Crippen LogP contribution in [0.1, 0.15) is 39.0 Å². The number of hydrogen-bond donors (Lipinski definition) is 2. The Morgan fingerprint density at radius 2 is 2.00 bits per heavy atom. The first-order valence-electron chi connectivity index (χ1n) is 6.12. The summed E-state index contributed by atoms with van der Waals surface area (Å²) in [6.07, 6.45) is 3.49. The van der Waals surface area contributed by atoms with Crippen molar-refractivity contribution in [2.45, 2.75) is 51.2 Å². The lowest BCUT2D eigenvalue weighted by molar-refractivity contribution is -0.122. The first-order valence-corrected chi connectivity index (χ1v) is 7.94. The fourth-order valence-corrected chi connectivity index (χ4v) is 3.70. The van der Waals surface area contributed by atoms with Gasteiger partial charge in [-0.05, 0) is 6.42 Å². The van der Waals surface area contributed by atoms with E-state index in [-0.39, 0.29) is 17.4 Å². The SMILES string of the molecule is CCCCCCC(=O)NC1CS(=O)(=O)CC1O. The van der Waals surface area contributed by atoms with Crippen LogP contribution in [0.4, 0.5) is 0 Å². The van der Waals surface area contributed by atoms with E-state index in [0.717, 1.165) is 25.7 Å². The molecule has 1 heterocycles. The number of amides is 1. The first kappa shape index (κ1) is 14.4. The summed E-state index contributed by atoms with van der Waals surface area (Å²) in [6.45, 7) is 2.10. The summed E-state index contributed by atoms with van der Waals surface area (Å²) < 4.78 is 22.4. The summed E-state index contributed by atoms with van der Waals surface area (Å²) in [5.41, 5.74) is 0. The Hall–Kier alpha value is -0.620. The van der Waals surface area contributed by atoms with Gasteiger partial charge < -0.3 is 10.4 Å². The van der Waals surface area contributed by atoms with Crippen LogP contribution in [0, 0.1) is 0 Å². The van der Waals surface area contributed by atoms with Crippen LogP contribution in [-0.4, -0.2) is 43.1 Å². The molecule has 0 spiro atoms. The second-order valence-corrected chi connectivity index (χ2v) is 6.78. The highest BCUT2D eigenvalue weighted by Crippen LogP contribution is 2.13. The number of unbranched alkanes of at least 4 members (excludes halogenated alkanes) is 3. The smallest absolute Gasteiger partial charge is 0.220 e. The Morgan fingerprint density at radius 3 is 2.53 bits per heavy atom. The maximum atomic E-state index is 11.5. The van der Waals surface area contributed by atoms with Gasteiger partial charge in [-0.2, -0.15) is 0 Å². The number of nitrogens with one attached hydrogen (secondary N) is 1. The van der Waals surface area contributed by atoms with E-state index >= 15 is 0 Å². The van der Waals surface area contributed by atoms with Crippen molar-refractivity contribution < 1.29 is 18.3 Å². The van der Waals surface area contributed by atoms with Crippen LogP contribution in [0.2, 0.25) is 0 Å². The molecule has 0 bridgehead atoms. The van der Waals surface area contributed by atoms with Crippen LogP contribution in [-0.2, 0) is 14.6 Å². The average Bonchev–Trinajstić information content (AvgIpc) is 2.47. The molecule has 100 valence electrons. The van der Waals surface area contributed by atoms with Crippen LogP contribution in [0.5, 0.6) is 0 Å². The van der Waals surface area contributed by atoms with Crippen molar-refractivity contribution in [2.24, 2.45) is 0 Å². The van der Waals surface area contributed by atoms with Crippen molar-refractivity contribution in [3.8, 4) is 0 Å². The zero-order valence-electron chi connectivity index (χ0n) is 10.2. The molecule has 1 saturated heterocycles. The fourth-order valence-electron chi connectivity index (χ4n) is 1.96. The summed E-state index contributed by atoms with van der Waals surface area (Å²) in [7, 11) is -3.18. The summed E-state index contributed by atoms with van der Waals surface area (Å²) >= 11 is 0. The van der Waals surface area contributed by atoms with Gasteiger partial charge in [0.1, 0.15) is 0 Å². The summed E-state index contributed by atoms with van der Waals surface area (Å²) in [4.78, 5) is 11.5. The third-order valence-electron chi connectivity index (χ3n) is 2.93. The number of carbonyl (C=O) groups is 1. The van der Waals surface area contributed by atoms with Crippen molar-refractivity contribution in [3.05, 3.63) is 0 Å². The van der Waals surface area contributed by atoms with E-state index in [0.29, 0.717) is 6.42 Å². The summed E-state index contributed by atoms with van der Waals surface area (Å²) in [5.74, 6) is -0.551. The molecule has 1 rings (SSSR count). The molecule has 1 fully saturated rings. The van der Waals surface area contributed by atoms with Crippen LogP contribution in [0.15, 0.2) is 0 Å². The third kappa shape index (κ3) is 5.04. The molecule has 2 unspecified atom stereocenters. The van der Waals surface area contributed by atoms with Crippen LogP contribution >= 0.6 is 0 Å². The lowest BCUT2D eigenvalue weighted by Gasteiger charge is -2.14. The van der Waals surface area contributed by atoms with Crippen molar-refractivity contribution >= 4 is 15.7 Å². The molecule has 1 aliphatic heterocycles. The molecule has 0 aromatic heterocycles. The van der Waals surface area contributed by atoms with E-state index in [1.54, 1.807) is 0 Å². The minimum Gasteiger partial charge on any atom is -0.390 e. The number of sulfone groups is 1. The second kappa shape index (κ2) is 6.35. The zero-order valence-corrected chi connectivity index (χ0v) is 11.0. The summed E-state index contributed by atoms with van der Waals surface area (Å²) in [5, 5.41) is 12.1. The van der Waals surface area contributed by atoms with Crippen molar-refractivity contribution in [1.29, 1.82) is 0 Å². The molecule has 0 radical (unpaired) electrons. The van der Waals surface area contributed by atoms with Gasteiger partial charge in [0.2, 0.25) is 5.91 Å². The second-order valence-electron chi connectivity index (χ2n) is 4.63. The molecule has 2 N–H and O–H groups in total. The van der Waals surface area contributed by atoms with Crippen LogP contribution in [0.3, 0.4) is 0 Å². The van der Waals surface area contributed by atoms with Crippen LogP contribution < -0.4 is 5.32 Å². The highest BCUT2D eigenvalue weighted by atomic mass is 32.2. The molecule has 17 heavy (non-hydrogen) atoms. The van der Waals surface area contributed by atoms with E-state index in [1.165, 1.54) is 0 Å². The number of hydrogen-bond acceptors (Lipinski definition) is 4. The normalized spacial score (nSPS) is 26.9. The number of aliphatic hydroxyl groups excluding tert-OH is 1. The molecular formula is C11H21NO4S. The number of rotatable bonds is 6. The molecule has 0 aromatic carbocycles. The monoisotopic (exact) mass is 263 g/mol. The Morgan fingerprint density at radius 1 is 1.29 bits per heavy atom. The molecule has 1 aliphatic rings. The lowest BCUT2D eigenvalue weighted by Crippen LogP contribution is -2.42. The van der Waals surface area contributed by atoms with Crippen molar-refractivity contribution in [2.75, 3.05) is 11.5 Å². The first-order chi connectivity index (χ1) is 7.94. The van der Waals surface area contributed by atoms with E-state index in [9.17, 15) is 18.3 Å². The molecule has 5 nitrogen and oxygen atoms in total. The highest BCUT2D eigenvalue weighted by Gasteiger charge is 2.37. The Balaban J connectivity index is 2.27. The lowest BCUT2D eigenvalue weighted by atomic mass is 10.1. The van der Waals surface area contributed by atoms with Gasteiger partial charge in [0.15, 0.2) is 9.84 Å². The average molecular weight is 263 g/mol. The van der Waals surface area contributed by atoms with Gasteiger partial charge in [-0.15, -0.1) is 0 Å². The minimum absolute atomic E-state index is 0.144. The van der Waals surface area contributed by atoms with Gasteiger partial charge in [0.25, 0.3) is 0 Å². The van der Waals surface area contributed by atoms with Crippen LogP contribution in [0.25, 0.3) is 0 Å². The minimum atomic E-state index is -3.18. The van der Waals surface area contributed by atoms with Gasteiger partial charge >= 0.3 is 0 Å². The van der Waals surface area contributed by atoms with Gasteiger partial charge in [-0.1, -0.05) is 26.2 Å². The Bertz CT molecular complexity index is 352. The maximum absolute atomic E-state index is 11.5. The molecule has 1 amide bonds. The Kier molecular flexibility index (Phi) is 5.39. The fraction of sp³-hybridized carbons (Fsp3) is 0.909. The molecule has 6 heteroatoms. The standard InChI is InChI=1S/C11H21NO4S/c1-2-3-4-5-6-11(14)12-9-7-17(15,16)8-10(9)13/h9-10,13H,2-8H2,1H3,(H,12,14). The third-order valence-corrected chi connectivity index (χ3v) is 4.64. The van der Waals surface area contributed by atoms with E-state index in [4.69, 9.17) is 0 Å². The summed E-state index contributed by atoms with van der Waals surface area (Å²) in [6, 6.07) is -0.626. The highest BCUT2D eigenvalue weighted by molar-refractivity contribution is 7.91. The van der Waals surface area contributed by atoms with E-state index < -0.39 is 22.0 Å². The van der Waals surface area contributed by atoms with Gasteiger partial charge in [-0.25, -0.2) is 8.42 Å². The molecule has 0 aliphatic carbocycles. The largest absolute Gasteiger partial charge is 0.390 e. The van der Waals surface area contributed by atoms with E-state index in [1.807, 2.05) is 0 Å². The van der Waals surface area contributed by atoms with Crippen molar-refractivity contribution in [3.63, 3.8) is 0 Å². The molecule has 0 aromatic rings. The molecule has 0 saturated carbocycles. The zero-order chi connectivity index (χ0) is 12.9. The van der Waals surface area contributed by atoms with Crippen molar-refractivity contribution in [1.82, 2.24) is 5.32 Å². The predicted molar refractivity (Wildman–Crippen MR) is 65.4 cm³/mol. The van der Waals surface area contributed by atoms with E-state index in [2.05, 4.69) is 12.2 Å². The van der Waals surface area contributed by atoms with Gasteiger partial charge in [-0.3, -0.25) is 4.79 Å². The van der Waals surface area contributed by atoms with Gasteiger partial charge in [0, 0.05) is 6.42 Å². The van der Waals surface area contributed by atoms with Gasteiger partial charge in [0.05, 0.1) is 23.7 Å². The molecular weight excluding hydrogens is 242 g/mol. The predicted octanol–water partition coefficient (Wildman–Crippen LogP) is 0.231. The quantitative estimate of drug-likeness (QED) is 0.672. The number of aliphatic hydroxyl groups is 1. The molecule has 2 atom stereocenters.